The molecule has 0 saturated carbocycles. The molecule has 1 atom stereocenters. The predicted octanol–water partition coefficient (Wildman–Crippen LogP) is 2.01. The fraction of sp³-hybridized carbons (Fsp3) is 0.357. The standard InChI is InChI=1S/C14H16FN3O/c15-11-3-1-10(2-4-11)13-7-17-14(19-13)9-18-6-5-12(16)8-18/h1-4,7,12H,5-6,8-9,16H2/t12-/m1/s1. The molecule has 1 aliphatic heterocycles. The average molecular weight is 261 g/mol. The number of rotatable bonds is 3. The van der Waals surface area contributed by atoms with Crippen LogP contribution in [-0.4, -0.2) is 29.0 Å². The fourth-order valence-corrected chi connectivity index (χ4v) is 2.33. The molecule has 0 aliphatic carbocycles. The van der Waals surface area contributed by atoms with E-state index in [9.17, 15) is 4.39 Å². The third-order valence-electron chi connectivity index (χ3n) is 3.35. The van der Waals surface area contributed by atoms with Gasteiger partial charge in [-0.1, -0.05) is 0 Å². The Labute approximate surface area is 111 Å². The van der Waals surface area contributed by atoms with Gasteiger partial charge in [-0.05, 0) is 30.7 Å². The van der Waals surface area contributed by atoms with E-state index in [1.54, 1.807) is 18.3 Å². The van der Waals surface area contributed by atoms with E-state index in [0.29, 0.717) is 18.2 Å². The minimum atomic E-state index is -0.255. The van der Waals surface area contributed by atoms with E-state index in [1.165, 1.54) is 12.1 Å². The van der Waals surface area contributed by atoms with Crippen molar-refractivity contribution in [2.24, 2.45) is 5.73 Å². The number of nitrogens with two attached hydrogens (primary N) is 1. The minimum Gasteiger partial charge on any atom is -0.439 e. The van der Waals surface area contributed by atoms with Crippen LogP contribution in [0.5, 0.6) is 0 Å². The summed E-state index contributed by atoms with van der Waals surface area (Å²) in [6.45, 7) is 2.54. The van der Waals surface area contributed by atoms with Crippen LogP contribution in [0.25, 0.3) is 11.3 Å². The third-order valence-corrected chi connectivity index (χ3v) is 3.35. The molecule has 5 heteroatoms. The summed E-state index contributed by atoms with van der Waals surface area (Å²) >= 11 is 0. The molecule has 0 bridgehead atoms. The molecule has 1 saturated heterocycles. The molecule has 1 aliphatic rings. The van der Waals surface area contributed by atoms with Gasteiger partial charge in [-0.3, -0.25) is 4.90 Å². The van der Waals surface area contributed by atoms with Gasteiger partial charge in [0.25, 0.3) is 0 Å². The maximum atomic E-state index is 12.9. The van der Waals surface area contributed by atoms with Gasteiger partial charge in [0.15, 0.2) is 5.76 Å². The molecule has 100 valence electrons. The van der Waals surface area contributed by atoms with Gasteiger partial charge in [0.05, 0.1) is 12.7 Å². The summed E-state index contributed by atoms with van der Waals surface area (Å²) in [5, 5.41) is 0. The number of nitrogens with zero attached hydrogens (tertiary/aromatic N) is 2. The SMILES string of the molecule is N[C@@H]1CCN(Cc2ncc(-c3ccc(F)cc3)o2)C1. The first kappa shape index (κ1) is 12.3. The van der Waals surface area contributed by atoms with Crippen molar-refractivity contribution in [1.29, 1.82) is 0 Å². The number of benzene rings is 1. The minimum absolute atomic E-state index is 0.255. The van der Waals surface area contributed by atoms with Gasteiger partial charge in [-0.2, -0.15) is 0 Å². The molecule has 0 spiro atoms. The monoisotopic (exact) mass is 261 g/mol. The van der Waals surface area contributed by atoms with Gasteiger partial charge < -0.3 is 10.2 Å². The van der Waals surface area contributed by atoms with Crippen LogP contribution in [0.15, 0.2) is 34.9 Å². The lowest BCUT2D eigenvalue weighted by molar-refractivity contribution is 0.289. The Kier molecular flexibility index (Phi) is 3.31. The predicted molar refractivity (Wildman–Crippen MR) is 69.8 cm³/mol. The van der Waals surface area contributed by atoms with Crippen molar-refractivity contribution < 1.29 is 8.81 Å². The normalized spacial score (nSPS) is 20.0. The first-order chi connectivity index (χ1) is 9.20. The summed E-state index contributed by atoms with van der Waals surface area (Å²) in [5.41, 5.74) is 6.69. The second-order valence-corrected chi connectivity index (χ2v) is 4.91. The highest BCUT2D eigenvalue weighted by Gasteiger charge is 2.20. The summed E-state index contributed by atoms with van der Waals surface area (Å²) in [7, 11) is 0. The van der Waals surface area contributed by atoms with Crippen LogP contribution in [0.4, 0.5) is 4.39 Å². The van der Waals surface area contributed by atoms with Crippen LogP contribution < -0.4 is 5.73 Å². The molecule has 2 heterocycles. The van der Waals surface area contributed by atoms with E-state index in [-0.39, 0.29) is 11.9 Å². The zero-order valence-electron chi connectivity index (χ0n) is 10.6. The molecule has 2 N–H and O–H groups in total. The van der Waals surface area contributed by atoms with Gasteiger partial charge in [0, 0.05) is 24.7 Å². The molecule has 1 aromatic carbocycles. The Balaban J connectivity index is 1.71. The Morgan fingerprint density at radius 3 is 2.84 bits per heavy atom. The maximum Gasteiger partial charge on any atom is 0.209 e. The number of hydrogen-bond donors (Lipinski definition) is 1. The van der Waals surface area contributed by atoms with Crippen molar-refractivity contribution in [3.8, 4) is 11.3 Å². The van der Waals surface area contributed by atoms with Crippen LogP contribution in [0.1, 0.15) is 12.3 Å². The molecule has 4 nitrogen and oxygen atoms in total. The van der Waals surface area contributed by atoms with Gasteiger partial charge in [0.2, 0.25) is 5.89 Å². The van der Waals surface area contributed by atoms with Crippen molar-refractivity contribution in [3.63, 3.8) is 0 Å². The largest absolute Gasteiger partial charge is 0.439 e. The summed E-state index contributed by atoms with van der Waals surface area (Å²) in [5.74, 6) is 1.08. The van der Waals surface area contributed by atoms with E-state index >= 15 is 0 Å². The Morgan fingerprint density at radius 1 is 1.37 bits per heavy atom. The highest BCUT2D eigenvalue weighted by molar-refractivity contribution is 5.55. The van der Waals surface area contributed by atoms with Crippen molar-refractivity contribution >= 4 is 0 Å². The second kappa shape index (κ2) is 5.11. The van der Waals surface area contributed by atoms with Crippen LogP contribution in [-0.2, 0) is 6.54 Å². The molecular formula is C14H16FN3O. The van der Waals surface area contributed by atoms with Crippen LogP contribution in [0.3, 0.4) is 0 Å². The van der Waals surface area contributed by atoms with Crippen LogP contribution in [0.2, 0.25) is 0 Å². The van der Waals surface area contributed by atoms with Crippen LogP contribution in [0, 0.1) is 5.82 Å². The summed E-state index contributed by atoms with van der Waals surface area (Å²) in [6, 6.07) is 6.46. The number of oxazole rings is 1. The maximum absolute atomic E-state index is 12.9. The Bertz CT molecular complexity index is 552. The van der Waals surface area contributed by atoms with Gasteiger partial charge in [-0.25, -0.2) is 9.37 Å². The lowest BCUT2D eigenvalue weighted by atomic mass is 10.2. The molecule has 0 amide bonds. The van der Waals surface area contributed by atoms with E-state index in [2.05, 4.69) is 9.88 Å². The van der Waals surface area contributed by atoms with Crippen molar-refractivity contribution in [2.75, 3.05) is 13.1 Å². The zero-order valence-corrected chi connectivity index (χ0v) is 10.6. The molecule has 19 heavy (non-hydrogen) atoms. The smallest absolute Gasteiger partial charge is 0.209 e. The van der Waals surface area contributed by atoms with Crippen molar-refractivity contribution in [1.82, 2.24) is 9.88 Å². The first-order valence-corrected chi connectivity index (χ1v) is 6.39. The molecule has 1 fully saturated rings. The second-order valence-electron chi connectivity index (χ2n) is 4.91. The highest BCUT2D eigenvalue weighted by atomic mass is 19.1. The topological polar surface area (TPSA) is 55.3 Å². The van der Waals surface area contributed by atoms with E-state index in [0.717, 1.165) is 25.1 Å². The number of hydrogen-bond acceptors (Lipinski definition) is 4. The number of likely N-dealkylation sites (tertiary alicyclic amines) is 1. The summed E-state index contributed by atoms with van der Waals surface area (Å²) in [4.78, 5) is 6.49. The van der Waals surface area contributed by atoms with E-state index in [4.69, 9.17) is 10.2 Å². The van der Waals surface area contributed by atoms with Gasteiger partial charge >= 0.3 is 0 Å². The number of aromatic nitrogens is 1. The van der Waals surface area contributed by atoms with Crippen molar-refractivity contribution in [2.45, 2.75) is 19.0 Å². The quantitative estimate of drug-likeness (QED) is 0.918. The average Bonchev–Trinajstić information content (AvgIpc) is 3.00. The third kappa shape index (κ3) is 2.83. The van der Waals surface area contributed by atoms with Crippen LogP contribution >= 0.6 is 0 Å². The lowest BCUT2D eigenvalue weighted by Gasteiger charge is -2.11. The van der Waals surface area contributed by atoms with E-state index in [1.807, 2.05) is 0 Å². The lowest BCUT2D eigenvalue weighted by Crippen LogP contribution is -2.26. The van der Waals surface area contributed by atoms with E-state index < -0.39 is 0 Å². The van der Waals surface area contributed by atoms with Gasteiger partial charge in [0.1, 0.15) is 5.82 Å². The Hall–Kier alpha value is -1.72. The molecule has 0 unspecified atom stereocenters. The molecule has 2 aromatic rings. The van der Waals surface area contributed by atoms with Gasteiger partial charge in [-0.15, -0.1) is 0 Å². The molecule has 1 aromatic heterocycles. The highest BCUT2D eigenvalue weighted by Crippen LogP contribution is 2.21. The Morgan fingerprint density at radius 2 is 2.16 bits per heavy atom. The number of halogens is 1. The van der Waals surface area contributed by atoms with Crippen molar-refractivity contribution in [3.05, 3.63) is 42.2 Å². The first-order valence-electron chi connectivity index (χ1n) is 6.39. The molecule has 0 radical (unpaired) electrons. The molecule has 3 rings (SSSR count). The zero-order chi connectivity index (χ0) is 13.2. The fourth-order valence-electron chi connectivity index (χ4n) is 2.33. The molecular weight excluding hydrogens is 245 g/mol. The summed E-state index contributed by atoms with van der Waals surface area (Å²) in [6.07, 6.45) is 2.70. The summed E-state index contributed by atoms with van der Waals surface area (Å²) < 4.78 is 18.5.